The molecular formula is C25H26N2O2. The molecule has 0 radical (unpaired) electrons. The molecule has 0 aliphatic rings. The average molecular weight is 386 g/mol. The lowest BCUT2D eigenvalue weighted by atomic mass is 10.0. The fourth-order valence-electron chi connectivity index (χ4n) is 3.08. The highest BCUT2D eigenvalue weighted by Crippen LogP contribution is 2.27. The number of anilines is 1. The van der Waals surface area contributed by atoms with E-state index in [1.807, 2.05) is 98.8 Å². The summed E-state index contributed by atoms with van der Waals surface area (Å²) in [5.41, 5.74) is 3.68. The first-order chi connectivity index (χ1) is 14.0. The number of rotatable bonds is 7. The van der Waals surface area contributed by atoms with Crippen molar-refractivity contribution in [2.24, 2.45) is 5.92 Å². The van der Waals surface area contributed by atoms with E-state index in [9.17, 15) is 9.59 Å². The van der Waals surface area contributed by atoms with Crippen LogP contribution in [0.4, 0.5) is 5.69 Å². The lowest BCUT2D eigenvalue weighted by Crippen LogP contribution is -2.46. The number of carbonyl (C=O) groups excluding carboxylic acids is 2. The van der Waals surface area contributed by atoms with E-state index in [4.69, 9.17) is 0 Å². The van der Waals surface area contributed by atoms with Crippen LogP contribution in [-0.2, 0) is 16.0 Å². The summed E-state index contributed by atoms with van der Waals surface area (Å²) in [5.74, 6) is -0.568. The van der Waals surface area contributed by atoms with Crippen molar-refractivity contribution in [1.82, 2.24) is 5.32 Å². The van der Waals surface area contributed by atoms with Crippen molar-refractivity contribution in [2.75, 3.05) is 5.32 Å². The van der Waals surface area contributed by atoms with Gasteiger partial charge in [-0.1, -0.05) is 92.7 Å². The molecular weight excluding hydrogens is 360 g/mol. The molecule has 2 amide bonds. The summed E-state index contributed by atoms with van der Waals surface area (Å²) in [4.78, 5) is 25.4. The molecule has 0 bridgehead atoms. The van der Waals surface area contributed by atoms with Gasteiger partial charge in [0.05, 0.1) is 0 Å². The quantitative estimate of drug-likeness (QED) is 0.620. The molecule has 3 aromatic rings. The fourth-order valence-corrected chi connectivity index (χ4v) is 3.08. The Kier molecular flexibility index (Phi) is 6.80. The number of amides is 2. The molecule has 0 heterocycles. The zero-order valence-electron chi connectivity index (χ0n) is 16.8. The summed E-state index contributed by atoms with van der Waals surface area (Å²) in [6.07, 6.45) is 0.429. The van der Waals surface area contributed by atoms with E-state index in [0.29, 0.717) is 6.42 Å². The highest BCUT2D eigenvalue weighted by Gasteiger charge is 2.23. The molecule has 2 N–H and O–H groups in total. The van der Waals surface area contributed by atoms with Crippen molar-refractivity contribution < 1.29 is 9.59 Å². The van der Waals surface area contributed by atoms with Crippen molar-refractivity contribution >= 4 is 17.5 Å². The molecule has 0 aromatic heterocycles. The van der Waals surface area contributed by atoms with Gasteiger partial charge >= 0.3 is 0 Å². The Labute approximate surface area is 172 Å². The number of hydrogen-bond acceptors (Lipinski definition) is 2. The number of nitrogens with one attached hydrogen (secondary N) is 2. The third-order valence-electron chi connectivity index (χ3n) is 4.71. The van der Waals surface area contributed by atoms with Crippen LogP contribution in [0.2, 0.25) is 0 Å². The summed E-state index contributed by atoms with van der Waals surface area (Å²) in [6, 6.07) is 26.6. The monoisotopic (exact) mass is 386 g/mol. The zero-order valence-corrected chi connectivity index (χ0v) is 16.8. The lowest BCUT2D eigenvalue weighted by molar-refractivity contribution is -0.128. The Morgan fingerprint density at radius 2 is 1.34 bits per heavy atom. The van der Waals surface area contributed by atoms with E-state index in [-0.39, 0.29) is 17.7 Å². The van der Waals surface area contributed by atoms with Gasteiger partial charge in [-0.15, -0.1) is 0 Å². The largest absolute Gasteiger partial charge is 0.344 e. The minimum Gasteiger partial charge on any atom is -0.344 e. The molecule has 0 aliphatic heterocycles. The zero-order chi connectivity index (χ0) is 20.6. The number of benzene rings is 3. The van der Waals surface area contributed by atoms with Gasteiger partial charge in [-0.2, -0.15) is 0 Å². The summed E-state index contributed by atoms with van der Waals surface area (Å²) in [5, 5.41) is 5.91. The van der Waals surface area contributed by atoms with Crippen LogP contribution >= 0.6 is 0 Å². The molecule has 0 saturated heterocycles. The Balaban J connectivity index is 1.84. The van der Waals surface area contributed by atoms with Crippen LogP contribution in [0.3, 0.4) is 0 Å². The normalized spacial score (nSPS) is 11.7. The predicted octanol–water partition coefficient (Wildman–Crippen LogP) is 4.68. The van der Waals surface area contributed by atoms with Crippen molar-refractivity contribution in [2.45, 2.75) is 26.3 Å². The smallest absolute Gasteiger partial charge is 0.247 e. The summed E-state index contributed by atoms with van der Waals surface area (Å²) in [6.45, 7) is 3.63. The van der Waals surface area contributed by atoms with Crippen molar-refractivity contribution in [3.8, 4) is 11.1 Å². The van der Waals surface area contributed by atoms with E-state index in [0.717, 1.165) is 22.4 Å². The summed E-state index contributed by atoms with van der Waals surface area (Å²) >= 11 is 0. The fraction of sp³-hybridized carbons (Fsp3) is 0.200. The molecule has 4 nitrogen and oxygen atoms in total. The first-order valence-electron chi connectivity index (χ1n) is 9.84. The number of carbonyl (C=O) groups is 2. The van der Waals surface area contributed by atoms with E-state index in [2.05, 4.69) is 10.6 Å². The highest BCUT2D eigenvalue weighted by atomic mass is 16.2. The van der Waals surface area contributed by atoms with E-state index >= 15 is 0 Å². The second-order valence-electron chi connectivity index (χ2n) is 7.31. The standard InChI is InChI=1S/C25H26N2O2/c1-18(2)24(28)27-23(17-19-11-5-3-6-12-19)25(29)26-22-16-10-9-15-21(22)20-13-7-4-8-14-20/h3-16,18,23H,17H2,1-2H3,(H,26,29)(H,27,28). The van der Waals surface area contributed by atoms with Gasteiger partial charge in [0.25, 0.3) is 0 Å². The van der Waals surface area contributed by atoms with Gasteiger partial charge in [0.1, 0.15) is 6.04 Å². The van der Waals surface area contributed by atoms with E-state index < -0.39 is 6.04 Å². The second kappa shape index (κ2) is 9.69. The maximum absolute atomic E-state index is 13.1. The molecule has 0 aliphatic carbocycles. The summed E-state index contributed by atoms with van der Waals surface area (Å²) < 4.78 is 0. The van der Waals surface area contributed by atoms with Gasteiger partial charge < -0.3 is 10.6 Å². The van der Waals surface area contributed by atoms with Crippen LogP contribution in [0.25, 0.3) is 11.1 Å². The van der Waals surface area contributed by atoms with Gasteiger partial charge in [0, 0.05) is 23.6 Å². The van der Waals surface area contributed by atoms with Crippen LogP contribution in [0.15, 0.2) is 84.9 Å². The second-order valence-corrected chi connectivity index (χ2v) is 7.31. The van der Waals surface area contributed by atoms with Crippen LogP contribution in [0, 0.1) is 5.92 Å². The minimum atomic E-state index is -0.656. The van der Waals surface area contributed by atoms with Crippen LogP contribution in [0.1, 0.15) is 19.4 Å². The number of hydrogen-bond donors (Lipinski definition) is 2. The number of para-hydroxylation sites is 1. The van der Waals surface area contributed by atoms with Gasteiger partial charge in [0.2, 0.25) is 11.8 Å². The Hall–Kier alpha value is -3.40. The highest BCUT2D eigenvalue weighted by molar-refractivity contribution is 6.00. The molecule has 1 atom stereocenters. The third kappa shape index (κ3) is 5.55. The first kappa shape index (κ1) is 20.3. The predicted molar refractivity (Wildman–Crippen MR) is 117 cm³/mol. The van der Waals surface area contributed by atoms with Gasteiger partial charge in [0.15, 0.2) is 0 Å². The van der Waals surface area contributed by atoms with Crippen LogP contribution < -0.4 is 10.6 Å². The van der Waals surface area contributed by atoms with E-state index in [1.54, 1.807) is 0 Å². The maximum Gasteiger partial charge on any atom is 0.247 e. The molecule has 3 rings (SSSR count). The van der Waals surface area contributed by atoms with E-state index in [1.165, 1.54) is 0 Å². The van der Waals surface area contributed by atoms with Gasteiger partial charge in [-0.05, 0) is 17.2 Å². The first-order valence-corrected chi connectivity index (χ1v) is 9.84. The minimum absolute atomic E-state index is 0.141. The van der Waals surface area contributed by atoms with Crippen LogP contribution in [-0.4, -0.2) is 17.9 Å². The lowest BCUT2D eigenvalue weighted by Gasteiger charge is -2.21. The van der Waals surface area contributed by atoms with Crippen molar-refractivity contribution in [1.29, 1.82) is 0 Å². The summed E-state index contributed by atoms with van der Waals surface area (Å²) in [7, 11) is 0. The molecule has 1 unspecified atom stereocenters. The van der Waals surface area contributed by atoms with Gasteiger partial charge in [-0.25, -0.2) is 0 Å². The van der Waals surface area contributed by atoms with Crippen LogP contribution in [0.5, 0.6) is 0 Å². The molecule has 0 fully saturated rings. The maximum atomic E-state index is 13.1. The Bertz CT molecular complexity index is 953. The van der Waals surface area contributed by atoms with Gasteiger partial charge in [-0.3, -0.25) is 9.59 Å². The Morgan fingerprint density at radius 1 is 0.759 bits per heavy atom. The van der Waals surface area contributed by atoms with Crippen molar-refractivity contribution in [3.05, 3.63) is 90.5 Å². The average Bonchev–Trinajstić information content (AvgIpc) is 2.75. The molecule has 148 valence electrons. The molecule has 4 heteroatoms. The topological polar surface area (TPSA) is 58.2 Å². The SMILES string of the molecule is CC(C)C(=O)NC(Cc1ccccc1)C(=O)Nc1ccccc1-c1ccccc1. The molecule has 3 aromatic carbocycles. The molecule has 29 heavy (non-hydrogen) atoms. The molecule has 0 saturated carbocycles. The van der Waals surface area contributed by atoms with Crippen molar-refractivity contribution in [3.63, 3.8) is 0 Å². The Morgan fingerprint density at radius 3 is 2.00 bits per heavy atom. The molecule has 0 spiro atoms. The third-order valence-corrected chi connectivity index (χ3v) is 4.71.